The zero-order chi connectivity index (χ0) is 16.6. The summed E-state index contributed by atoms with van der Waals surface area (Å²) in [6.07, 6.45) is 0.691. The number of amides is 1. The van der Waals surface area contributed by atoms with Gasteiger partial charge in [0.05, 0.1) is 17.7 Å². The van der Waals surface area contributed by atoms with Gasteiger partial charge in [0.25, 0.3) is 0 Å². The predicted molar refractivity (Wildman–Crippen MR) is 90.6 cm³/mol. The van der Waals surface area contributed by atoms with E-state index >= 15 is 0 Å². The third-order valence-corrected chi connectivity index (χ3v) is 5.06. The zero-order valence-electron chi connectivity index (χ0n) is 13.1. The van der Waals surface area contributed by atoms with E-state index in [2.05, 4.69) is 5.16 Å². The Labute approximate surface area is 145 Å². The van der Waals surface area contributed by atoms with Crippen molar-refractivity contribution >= 4 is 29.1 Å². The molecule has 1 amide bonds. The third kappa shape index (κ3) is 3.10. The van der Waals surface area contributed by atoms with E-state index in [1.807, 2.05) is 43.0 Å². The van der Waals surface area contributed by atoms with Gasteiger partial charge in [0, 0.05) is 35.0 Å². The molecule has 0 saturated carbocycles. The highest BCUT2D eigenvalue weighted by Crippen LogP contribution is 2.33. The second kappa shape index (κ2) is 6.17. The molecule has 1 aromatic heterocycles. The van der Waals surface area contributed by atoms with Gasteiger partial charge in [-0.1, -0.05) is 16.8 Å². The number of hydrogen-bond acceptors (Lipinski definition) is 3. The predicted octanol–water partition coefficient (Wildman–Crippen LogP) is 4.14. The molecule has 122 valence electrons. The highest BCUT2D eigenvalue weighted by atomic mass is 35.5. The zero-order valence-corrected chi connectivity index (χ0v) is 14.6. The van der Waals surface area contributed by atoms with Crippen LogP contribution in [0, 0.1) is 5.41 Å². The van der Waals surface area contributed by atoms with Crippen LogP contribution in [0.3, 0.4) is 0 Å². The molecule has 0 radical (unpaired) electrons. The Kier molecular flexibility index (Phi) is 4.39. The molecule has 0 fully saturated rings. The molecule has 1 aliphatic heterocycles. The fourth-order valence-electron chi connectivity index (χ4n) is 2.70. The van der Waals surface area contributed by atoms with E-state index in [-0.39, 0.29) is 5.91 Å². The Bertz CT molecular complexity index is 723. The van der Waals surface area contributed by atoms with Crippen molar-refractivity contribution in [1.82, 2.24) is 10.1 Å². The number of carbonyl (C=O) groups excluding carboxylic acids is 1. The fraction of sp³-hybridized carbons (Fsp3) is 0.412. The van der Waals surface area contributed by atoms with Gasteiger partial charge in [-0.2, -0.15) is 0 Å². The van der Waals surface area contributed by atoms with Gasteiger partial charge >= 0.3 is 0 Å². The minimum absolute atomic E-state index is 0.0569. The lowest BCUT2D eigenvalue weighted by molar-refractivity contribution is -0.140. The van der Waals surface area contributed by atoms with Crippen LogP contribution in [0.15, 0.2) is 28.8 Å². The van der Waals surface area contributed by atoms with Crippen LogP contribution in [0.4, 0.5) is 0 Å². The van der Waals surface area contributed by atoms with Crippen LogP contribution in [0.1, 0.15) is 25.1 Å². The number of rotatable bonds is 3. The Morgan fingerprint density at radius 1 is 1.35 bits per heavy atom. The molecule has 0 atom stereocenters. The smallest absolute Gasteiger partial charge is 0.229 e. The van der Waals surface area contributed by atoms with Gasteiger partial charge in [-0.15, -0.1) is 11.6 Å². The van der Waals surface area contributed by atoms with Crippen LogP contribution in [-0.4, -0.2) is 28.4 Å². The van der Waals surface area contributed by atoms with E-state index in [0.29, 0.717) is 36.2 Å². The van der Waals surface area contributed by atoms with Crippen LogP contribution in [0.2, 0.25) is 5.02 Å². The number of halogens is 2. The quantitative estimate of drug-likeness (QED) is 0.779. The molecule has 4 nitrogen and oxygen atoms in total. The maximum Gasteiger partial charge on any atom is 0.229 e. The fourth-order valence-corrected chi connectivity index (χ4v) is 2.94. The van der Waals surface area contributed by atoms with Crippen molar-refractivity contribution in [3.05, 3.63) is 40.5 Å². The van der Waals surface area contributed by atoms with Crippen LogP contribution in [0.5, 0.6) is 0 Å². The molecule has 0 unspecified atom stereocenters. The summed E-state index contributed by atoms with van der Waals surface area (Å²) in [5, 5.41) is 4.83. The average molecular weight is 353 g/mol. The van der Waals surface area contributed by atoms with E-state index in [9.17, 15) is 4.79 Å². The first kappa shape index (κ1) is 16.3. The summed E-state index contributed by atoms with van der Waals surface area (Å²) in [5.41, 5.74) is 2.23. The van der Waals surface area contributed by atoms with Gasteiger partial charge in [0.1, 0.15) is 0 Å². The van der Waals surface area contributed by atoms with Crippen molar-refractivity contribution in [2.75, 3.05) is 12.4 Å². The van der Waals surface area contributed by atoms with Crippen molar-refractivity contribution in [3.63, 3.8) is 0 Å². The maximum atomic E-state index is 12.6. The number of aromatic nitrogens is 1. The first-order valence-electron chi connectivity index (χ1n) is 7.51. The summed E-state index contributed by atoms with van der Waals surface area (Å²) in [5.74, 6) is 1.06. The SMILES string of the molecule is CC(C)(CCl)C(=O)N1CCc2noc(-c3ccc(Cl)cc3)c2C1. The topological polar surface area (TPSA) is 46.3 Å². The molecule has 0 spiro atoms. The standard InChI is InChI=1S/C17H18Cl2N2O2/c1-17(2,10-18)16(22)21-8-7-14-13(9-21)15(23-20-14)11-3-5-12(19)6-4-11/h3-6H,7-10H2,1-2H3. The van der Waals surface area contributed by atoms with Crippen LogP contribution < -0.4 is 0 Å². The van der Waals surface area contributed by atoms with Gasteiger partial charge in [0.15, 0.2) is 5.76 Å². The number of nitrogens with zero attached hydrogens (tertiary/aromatic N) is 2. The number of benzene rings is 1. The highest BCUT2D eigenvalue weighted by molar-refractivity contribution is 6.30. The Morgan fingerprint density at radius 3 is 2.70 bits per heavy atom. The second-order valence-electron chi connectivity index (χ2n) is 6.44. The summed E-state index contributed by atoms with van der Waals surface area (Å²) < 4.78 is 5.53. The molecule has 2 heterocycles. The summed E-state index contributed by atoms with van der Waals surface area (Å²) in [6, 6.07) is 7.42. The van der Waals surface area contributed by atoms with Crippen LogP contribution >= 0.6 is 23.2 Å². The Balaban J connectivity index is 1.90. The molecule has 0 N–H and O–H groups in total. The summed E-state index contributed by atoms with van der Waals surface area (Å²) in [4.78, 5) is 14.5. The van der Waals surface area contributed by atoms with Gasteiger partial charge in [-0.3, -0.25) is 4.79 Å². The molecular formula is C17H18Cl2N2O2. The summed E-state index contributed by atoms with van der Waals surface area (Å²) in [6.45, 7) is 4.87. The van der Waals surface area contributed by atoms with E-state index in [1.54, 1.807) is 0 Å². The molecule has 1 aromatic carbocycles. The van der Waals surface area contributed by atoms with Crippen LogP contribution in [0.25, 0.3) is 11.3 Å². The lowest BCUT2D eigenvalue weighted by Crippen LogP contribution is -2.44. The van der Waals surface area contributed by atoms with Gasteiger partial charge in [0.2, 0.25) is 5.91 Å². The van der Waals surface area contributed by atoms with Crippen molar-refractivity contribution in [2.45, 2.75) is 26.8 Å². The molecule has 2 aromatic rings. The number of alkyl halides is 1. The summed E-state index contributed by atoms with van der Waals surface area (Å²) in [7, 11) is 0. The Morgan fingerprint density at radius 2 is 2.04 bits per heavy atom. The first-order chi connectivity index (χ1) is 10.9. The molecule has 1 aliphatic rings. The lowest BCUT2D eigenvalue weighted by Gasteiger charge is -2.32. The third-order valence-electron chi connectivity index (χ3n) is 4.14. The first-order valence-corrected chi connectivity index (χ1v) is 8.42. The number of carbonyl (C=O) groups is 1. The van der Waals surface area contributed by atoms with Gasteiger partial charge in [-0.05, 0) is 38.1 Å². The molecule has 23 heavy (non-hydrogen) atoms. The van der Waals surface area contributed by atoms with Crippen molar-refractivity contribution in [1.29, 1.82) is 0 Å². The van der Waals surface area contributed by atoms with Gasteiger partial charge in [-0.25, -0.2) is 0 Å². The largest absolute Gasteiger partial charge is 0.356 e. The molecule has 0 saturated heterocycles. The highest BCUT2D eigenvalue weighted by Gasteiger charge is 2.35. The Hall–Kier alpha value is -1.52. The van der Waals surface area contributed by atoms with E-state index in [1.165, 1.54) is 0 Å². The van der Waals surface area contributed by atoms with E-state index < -0.39 is 5.41 Å². The number of fused-ring (bicyclic) bond motifs is 1. The summed E-state index contributed by atoms with van der Waals surface area (Å²) >= 11 is 11.9. The minimum Gasteiger partial charge on any atom is -0.356 e. The molecule has 3 rings (SSSR count). The minimum atomic E-state index is -0.573. The van der Waals surface area contributed by atoms with Crippen molar-refractivity contribution in [2.24, 2.45) is 5.41 Å². The monoisotopic (exact) mass is 352 g/mol. The normalized spacial score (nSPS) is 14.7. The van der Waals surface area contributed by atoms with E-state index in [0.717, 1.165) is 16.8 Å². The lowest BCUT2D eigenvalue weighted by atomic mass is 9.92. The molecular weight excluding hydrogens is 335 g/mol. The van der Waals surface area contributed by atoms with Crippen molar-refractivity contribution in [3.8, 4) is 11.3 Å². The average Bonchev–Trinajstić information content (AvgIpc) is 2.98. The van der Waals surface area contributed by atoms with Gasteiger partial charge < -0.3 is 9.42 Å². The molecule has 6 heteroatoms. The second-order valence-corrected chi connectivity index (χ2v) is 7.14. The molecule has 0 aliphatic carbocycles. The van der Waals surface area contributed by atoms with Crippen LogP contribution in [-0.2, 0) is 17.8 Å². The molecule has 0 bridgehead atoms. The number of hydrogen-bond donors (Lipinski definition) is 0. The van der Waals surface area contributed by atoms with E-state index in [4.69, 9.17) is 27.7 Å². The van der Waals surface area contributed by atoms with Crippen molar-refractivity contribution < 1.29 is 9.32 Å². The maximum absolute atomic E-state index is 12.6.